The Morgan fingerprint density at radius 3 is 1.56 bits per heavy atom. The van der Waals surface area contributed by atoms with Crippen molar-refractivity contribution in [2.24, 2.45) is 0 Å². The monoisotopic (exact) mass is 324 g/mol. The highest BCUT2D eigenvalue weighted by Gasteiger charge is 2.55. The number of hydrogen-bond donors (Lipinski definition) is 6. The highest BCUT2D eigenvalue weighted by Crippen LogP contribution is 2.70. The van der Waals surface area contributed by atoms with E-state index in [1.54, 1.807) is 0 Å². The lowest BCUT2D eigenvalue weighted by Crippen LogP contribution is -2.24. The summed E-state index contributed by atoms with van der Waals surface area (Å²) in [5.74, 6) is 0. The van der Waals surface area contributed by atoms with Crippen molar-refractivity contribution in [1.29, 1.82) is 0 Å². The Kier molecular flexibility index (Phi) is 5.73. The maximum Gasteiger partial charge on any atom is 0.343 e. The van der Waals surface area contributed by atoms with Crippen LogP contribution >= 0.6 is 22.8 Å². The van der Waals surface area contributed by atoms with Crippen molar-refractivity contribution in [2.45, 2.75) is 18.2 Å². The van der Waals surface area contributed by atoms with Crippen LogP contribution in [0, 0.1) is 0 Å². The van der Waals surface area contributed by atoms with Crippen molar-refractivity contribution in [2.75, 3.05) is 6.16 Å². The fourth-order valence-electron chi connectivity index (χ4n) is 0.926. The van der Waals surface area contributed by atoms with Gasteiger partial charge in [0.15, 0.2) is 4.90 Å². The number of allylic oxidation sites excluding steroid dienone is 2. The molecule has 108 valence electrons. The van der Waals surface area contributed by atoms with Crippen LogP contribution in [-0.4, -0.2) is 40.4 Å². The SMILES string of the molecule is CC(CC=CCP(=O)(O)O)(P(=O)(O)O)P(=O)(O)O. The molecule has 0 bridgehead atoms. The van der Waals surface area contributed by atoms with Gasteiger partial charge in [0, 0.05) is 0 Å². The first kappa shape index (κ1) is 18.2. The summed E-state index contributed by atoms with van der Waals surface area (Å²) in [5, 5.41) is 0. The molecule has 0 saturated heterocycles. The maximum absolute atomic E-state index is 11.1. The van der Waals surface area contributed by atoms with Gasteiger partial charge in [-0.05, 0) is 13.3 Å². The molecule has 0 atom stereocenters. The van der Waals surface area contributed by atoms with Crippen molar-refractivity contribution in [3.63, 3.8) is 0 Å². The summed E-state index contributed by atoms with van der Waals surface area (Å²) in [6, 6.07) is 0. The Morgan fingerprint density at radius 1 is 0.889 bits per heavy atom. The predicted molar refractivity (Wildman–Crippen MR) is 63.2 cm³/mol. The predicted octanol–water partition coefficient (Wildman–Crippen LogP) is 0.182. The fourth-order valence-corrected chi connectivity index (χ4v) is 3.39. The van der Waals surface area contributed by atoms with E-state index in [1.807, 2.05) is 0 Å². The first-order valence-electron chi connectivity index (χ1n) is 4.51. The minimum absolute atomic E-state index is 0.675. The quantitative estimate of drug-likeness (QED) is 0.294. The van der Waals surface area contributed by atoms with Crippen molar-refractivity contribution < 1.29 is 43.1 Å². The zero-order valence-electron chi connectivity index (χ0n) is 9.32. The van der Waals surface area contributed by atoms with Crippen LogP contribution in [0.15, 0.2) is 12.2 Å². The summed E-state index contributed by atoms with van der Waals surface area (Å²) in [7, 11) is -14.5. The Balaban J connectivity index is 5.05. The van der Waals surface area contributed by atoms with E-state index in [2.05, 4.69) is 0 Å². The Hall–Kier alpha value is 0.190. The van der Waals surface area contributed by atoms with Crippen LogP contribution in [0.25, 0.3) is 0 Å². The Labute approximate surface area is 103 Å². The molecule has 0 fully saturated rings. The molecule has 0 aromatic heterocycles. The Morgan fingerprint density at radius 2 is 1.28 bits per heavy atom. The van der Waals surface area contributed by atoms with Crippen LogP contribution in [0.2, 0.25) is 0 Å². The highest BCUT2D eigenvalue weighted by atomic mass is 31.2. The molecule has 0 aliphatic heterocycles. The lowest BCUT2D eigenvalue weighted by molar-refractivity contribution is 0.313. The van der Waals surface area contributed by atoms with E-state index < -0.39 is 40.3 Å². The van der Waals surface area contributed by atoms with Gasteiger partial charge in [0.2, 0.25) is 0 Å². The second-order valence-corrected chi connectivity index (χ2v) is 10.0. The zero-order valence-corrected chi connectivity index (χ0v) is 12.0. The number of hydrogen-bond acceptors (Lipinski definition) is 3. The molecule has 0 aromatic carbocycles. The van der Waals surface area contributed by atoms with Crippen LogP contribution in [0.4, 0.5) is 0 Å². The molecule has 0 aromatic rings. The topological polar surface area (TPSA) is 173 Å². The van der Waals surface area contributed by atoms with Gasteiger partial charge in [-0.3, -0.25) is 13.7 Å². The van der Waals surface area contributed by atoms with E-state index in [-0.39, 0.29) is 0 Å². The summed E-state index contributed by atoms with van der Waals surface area (Å²) in [6.45, 7) is 0.719. The molecule has 0 aliphatic rings. The van der Waals surface area contributed by atoms with E-state index in [4.69, 9.17) is 29.4 Å². The molecule has 0 saturated carbocycles. The van der Waals surface area contributed by atoms with E-state index in [1.165, 1.54) is 0 Å². The molecule has 0 radical (unpaired) electrons. The van der Waals surface area contributed by atoms with Crippen LogP contribution in [0.5, 0.6) is 0 Å². The van der Waals surface area contributed by atoms with E-state index >= 15 is 0 Å². The van der Waals surface area contributed by atoms with Gasteiger partial charge in [-0.15, -0.1) is 0 Å². The standard InChI is InChI=1S/C6H15O9P3/c1-6(17(10,11)12,18(13,14)15)4-2-3-5-16(7,8)9/h2-3H,4-5H2,1H3,(H2,7,8,9)(H2,10,11,12)(H2,13,14,15). The van der Waals surface area contributed by atoms with Crippen LogP contribution < -0.4 is 0 Å². The van der Waals surface area contributed by atoms with Gasteiger partial charge in [0.1, 0.15) is 0 Å². The Bertz CT molecular complexity index is 429. The van der Waals surface area contributed by atoms with E-state index in [0.717, 1.165) is 19.1 Å². The van der Waals surface area contributed by atoms with Crippen molar-refractivity contribution >= 4 is 22.8 Å². The third-order valence-electron chi connectivity index (χ3n) is 2.27. The summed E-state index contributed by atoms with van der Waals surface area (Å²) in [6.07, 6.45) is 0.467. The molecule has 12 heteroatoms. The fraction of sp³-hybridized carbons (Fsp3) is 0.667. The van der Waals surface area contributed by atoms with Gasteiger partial charge < -0.3 is 29.4 Å². The first-order chi connectivity index (χ1) is 7.71. The van der Waals surface area contributed by atoms with Gasteiger partial charge in [-0.1, -0.05) is 12.2 Å². The summed E-state index contributed by atoms with van der Waals surface area (Å²) < 4.78 is 32.7. The minimum atomic E-state index is -5.10. The summed E-state index contributed by atoms with van der Waals surface area (Å²) in [5.41, 5.74) is 0. The van der Waals surface area contributed by atoms with Gasteiger partial charge in [-0.25, -0.2) is 0 Å². The molecule has 9 nitrogen and oxygen atoms in total. The molecule has 6 N–H and O–H groups in total. The molecule has 0 unspecified atom stereocenters. The first-order valence-corrected chi connectivity index (χ1v) is 9.54. The lowest BCUT2D eigenvalue weighted by atomic mass is 10.3. The van der Waals surface area contributed by atoms with Gasteiger partial charge >= 0.3 is 22.8 Å². The van der Waals surface area contributed by atoms with Crippen molar-refractivity contribution in [3.8, 4) is 0 Å². The molecular weight excluding hydrogens is 309 g/mol. The van der Waals surface area contributed by atoms with E-state index in [0.29, 0.717) is 0 Å². The third kappa shape index (κ3) is 5.05. The van der Waals surface area contributed by atoms with Crippen LogP contribution in [0.3, 0.4) is 0 Å². The van der Waals surface area contributed by atoms with E-state index in [9.17, 15) is 13.7 Å². The molecule has 0 spiro atoms. The van der Waals surface area contributed by atoms with Gasteiger partial charge in [-0.2, -0.15) is 0 Å². The largest absolute Gasteiger partial charge is 0.343 e. The van der Waals surface area contributed by atoms with Gasteiger partial charge in [0.05, 0.1) is 6.16 Å². The smallest absolute Gasteiger partial charge is 0.324 e. The molecule has 0 aliphatic carbocycles. The minimum Gasteiger partial charge on any atom is -0.324 e. The second kappa shape index (κ2) is 5.67. The van der Waals surface area contributed by atoms with Crippen molar-refractivity contribution in [1.82, 2.24) is 0 Å². The lowest BCUT2D eigenvalue weighted by Gasteiger charge is -2.29. The molecule has 18 heavy (non-hydrogen) atoms. The summed E-state index contributed by atoms with van der Waals surface area (Å²) in [4.78, 5) is 50.3. The zero-order chi connectivity index (χ0) is 14.8. The van der Waals surface area contributed by atoms with Gasteiger partial charge in [0.25, 0.3) is 0 Å². The third-order valence-corrected chi connectivity index (χ3v) is 7.39. The maximum atomic E-state index is 11.1. The average Bonchev–Trinajstić information content (AvgIpc) is 2.06. The second-order valence-electron chi connectivity index (χ2n) is 3.83. The average molecular weight is 324 g/mol. The molecule has 0 amide bonds. The normalized spacial score (nSPS) is 15.3. The molecular formula is C6H15O9P3. The summed E-state index contributed by atoms with van der Waals surface area (Å²) >= 11 is 0. The number of rotatable bonds is 6. The van der Waals surface area contributed by atoms with Crippen molar-refractivity contribution in [3.05, 3.63) is 12.2 Å². The van der Waals surface area contributed by atoms with Crippen LogP contribution in [0.1, 0.15) is 13.3 Å². The molecule has 0 rings (SSSR count). The van der Waals surface area contributed by atoms with Crippen LogP contribution in [-0.2, 0) is 13.7 Å². The molecule has 0 heterocycles. The highest BCUT2D eigenvalue weighted by molar-refractivity contribution is 7.72.